The molecule has 0 saturated heterocycles. The molecule has 36 heavy (non-hydrogen) atoms. The third-order valence-corrected chi connectivity index (χ3v) is 8.86. The summed E-state index contributed by atoms with van der Waals surface area (Å²) < 4.78 is 0. The number of para-hydroxylation sites is 1. The monoisotopic (exact) mass is 479 g/mol. The van der Waals surface area contributed by atoms with Crippen LogP contribution in [0.25, 0.3) is 10.8 Å². The van der Waals surface area contributed by atoms with Crippen molar-refractivity contribution in [3.8, 4) is 0 Å². The lowest BCUT2D eigenvalue weighted by Gasteiger charge is -2.27. The fraction of sp³-hybridized carbons (Fsp3) is 0. The molecule has 0 spiro atoms. The first-order chi connectivity index (χ1) is 17.9. The van der Waals surface area contributed by atoms with Crippen molar-refractivity contribution in [3.63, 3.8) is 0 Å². The second-order valence-electron chi connectivity index (χ2n) is 8.69. The Labute approximate surface area is 214 Å². The van der Waals surface area contributed by atoms with Crippen LogP contribution in [0, 0.1) is 0 Å². The number of hydrogen-bond acceptors (Lipinski definition) is 1. The zero-order valence-electron chi connectivity index (χ0n) is 19.9. The van der Waals surface area contributed by atoms with Crippen LogP contribution in [0.3, 0.4) is 0 Å². The topological polar surface area (TPSA) is 3.24 Å². The summed E-state index contributed by atoms with van der Waals surface area (Å²) in [5.74, 6) is 0. The molecule has 0 atom stereocenters. The normalized spacial score (nSPS) is 11.0. The summed E-state index contributed by atoms with van der Waals surface area (Å²) in [6.07, 6.45) is 0. The van der Waals surface area contributed by atoms with Gasteiger partial charge in [-0.3, -0.25) is 0 Å². The molecule has 2 heteroatoms. The Morgan fingerprint density at radius 1 is 0.361 bits per heavy atom. The minimum Gasteiger partial charge on any atom is -0.310 e. The number of anilines is 3. The Morgan fingerprint density at radius 2 is 0.833 bits per heavy atom. The quantitative estimate of drug-likeness (QED) is 0.218. The molecule has 6 rings (SSSR count). The van der Waals surface area contributed by atoms with Gasteiger partial charge in [-0.15, -0.1) is 0 Å². The molecule has 0 amide bonds. The van der Waals surface area contributed by atoms with Crippen LogP contribution in [0.5, 0.6) is 0 Å². The van der Waals surface area contributed by atoms with Crippen LogP contribution in [0.2, 0.25) is 0 Å². The zero-order chi connectivity index (χ0) is 24.2. The van der Waals surface area contributed by atoms with Gasteiger partial charge in [-0.05, 0) is 59.6 Å². The number of benzene rings is 6. The molecule has 0 radical (unpaired) electrons. The molecule has 0 aliphatic rings. The van der Waals surface area contributed by atoms with Gasteiger partial charge in [0.2, 0.25) is 0 Å². The van der Waals surface area contributed by atoms with E-state index in [1.54, 1.807) is 0 Å². The Morgan fingerprint density at radius 3 is 1.47 bits per heavy atom. The summed E-state index contributed by atoms with van der Waals surface area (Å²) >= 11 is 0. The molecule has 0 fully saturated rings. The predicted molar refractivity (Wildman–Crippen MR) is 157 cm³/mol. The SMILES string of the molecule is c1ccc(N(c2ccc(P(c3ccccc3)c3ccccc3)cc2)c2cccc3ccccc23)cc1. The van der Waals surface area contributed by atoms with Crippen molar-refractivity contribution in [1.82, 2.24) is 0 Å². The molecule has 6 aromatic rings. The van der Waals surface area contributed by atoms with Crippen molar-refractivity contribution >= 4 is 51.7 Å². The van der Waals surface area contributed by atoms with Gasteiger partial charge in [0, 0.05) is 16.8 Å². The standard InChI is InChI=1S/C34H26NP/c1-4-15-28(16-5-1)35(34-22-12-14-27-13-10-11-21-33(27)34)29-23-25-32(26-24-29)36(30-17-6-2-7-18-30)31-19-8-3-9-20-31/h1-26H. The summed E-state index contributed by atoms with van der Waals surface area (Å²) in [5, 5.41) is 6.55. The van der Waals surface area contributed by atoms with Gasteiger partial charge in [0.05, 0.1) is 5.69 Å². The summed E-state index contributed by atoms with van der Waals surface area (Å²) in [4.78, 5) is 2.36. The lowest BCUT2D eigenvalue weighted by molar-refractivity contribution is 1.30. The molecule has 0 aromatic heterocycles. The Balaban J connectivity index is 1.47. The highest BCUT2D eigenvalue weighted by Gasteiger charge is 2.18. The van der Waals surface area contributed by atoms with Crippen molar-refractivity contribution in [2.75, 3.05) is 4.90 Å². The highest BCUT2D eigenvalue weighted by Crippen LogP contribution is 2.39. The van der Waals surface area contributed by atoms with Gasteiger partial charge in [-0.2, -0.15) is 0 Å². The molecule has 0 heterocycles. The van der Waals surface area contributed by atoms with Gasteiger partial charge in [-0.25, -0.2) is 0 Å². The van der Waals surface area contributed by atoms with Crippen molar-refractivity contribution in [1.29, 1.82) is 0 Å². The maximum absolute atomic E-state index is 2.36. The van der Waals surface area contributed by atoms with Crippen LogP contribution in [-0.2, 0) is 0 Å². The molecule has 1 nitrogen and oxygen atoms in total. The van der Waals surface area contributed by atoms with E-state index in [9.17, 15) is 0 Å². The number of rotatable bonds is 6. The lowest BCUT2D eigenvalue weighted by Crippen LogP contribution is -2.20. The van der Waals surface area contributed by atoms with Gasteiger partial charge in [0.15, 0.2) is 0 Å². The van der Waals surface area contributed by atoms with Crippen LogP contribution in [0.1, 0.15) is 0 Å². The molecular formula is C34H26NP. The van der Waals surface area contributed by atoms with Crippen molar-refractivity contribution < 1.29 is 0 Å². The van der Waals surface area contributed by atoms with E-state index in [0.717, 1.165) is 11.4 Å². The van der Waals surface area contributed by atoms with Crippen LogP contribution < -0.4 is 20.8 Å². The van der Waals surface area contributed by atoms with Crippen LogP contribution >= 0.6 is 7.92 Å². The predicted octanol–water partition coefficient (Wildman–Crippen LogP) is 8.07. The lowest BCUT2D eigenvalue weighted by atomic mass is 10.1. The van der Waals surface area contributed by atoms with E-state index >= 15 is 0 Å². The maximum Gasteiger partial charge on any atom is 0.0540 e. The Bertz CT molecular complexity index is 1520. The Kier molecular flexibility index (Phi) is 6.31. The van der Waals surface area contributed by atoms with Crippen molar-refractivity contribution in [2.45, 2.75) is 0 Å². The molecule has 0 saturated carbocycles. The van der Waals surface area contributed by atoms with E-state index in [2.05, 4.69) is 163 Å². The zero-order valence-corrected chi connectivity index (χ0v) is 20.8. The largest absolute Gasteiger partial charge is 0.310 e. The molecule has 0 bridgehead atoms. The van der Waals surface area contributed by atoms with Crippen LogP contribution in [0.4, 0.5) is 17.1 Å². The van der Waals surface area contributed by atoms with E-state index in [0.29, 0.717) is 0 Å². The minimum absolute atomic E-state index is 0.633. The molecule has 0 N–H and O–H groups in total. The van der Waals surface area contributed by atoms with E-state index in [-0.39, 0.29) is 0 Å². The van der Waals surface area contributed by atoms with Gasteiger partial charge in [0.25, 0.3) is 0 Å². The first-order valence-electron chi connectivity index (χ1n) is 12.2. The molecule has 172 valence electrons. The van der Waals surface area contributed by atoms with E-state index in [1.165, 1.54) is 32.4 Å². The summed E-state index contributed by atoms with van der Waals surface area (Å²) in [6, 6.07) is 56.7. The summed E-state index contributed by atoms with van der Waals surface area (Å²) in [5.41, 5.74) is 3.48. The molecular weight excluding hydrogens is 453 g/mol. The second-order valence-corrected chi connectivity index (χ2v) is 10.9. The van der Waals surface area contributed by atoms with E-state index in [1.807, 2.05) is 0 Å². The van der Waals surface area contributed by atoms with Gasteiger partial charge < -0.3 is 4.90 Å². The van der Waals surface area contributed by atoms with Gasteiger partial charge in [0.1, 0.15) is 0 Å². The average Bonchev–Trinajstić information content (AvgIpc) is 2.96. The Hall–Kier alpha value is -4.19. The van der Waals surface area contributed by atoms with Crippen LogP contribution in [0.15, 0.2) is 158 Å². The number of hydrogen-bond donors (Lipinski definition) is 0. The highest BCUT2D eigenvalue weighted by atomic mass is 31.1. The fourth-order valence-electron chi connectivity index (χ4n) is 4.76. The second kappa shape index (κ2) is 10.2. The molecule has 0 unspecified atom stereocenters. The first-order valence-corrected chi connectivity index (χ1v) is 13.6. The summed E-state index contributed by atoms with van der Waals surface area (Å²) in [7, 11) is -0.633. The number of fused-ring (bicyclic) bond motifs is 1. The number of nitrogens with zero attached hydrogens (tertiary/aromatic N) is 1. The first kappa shape index (κ1) is 22.3. The average molecular weight is 480 g/mol. The van der Waals surface area contributed by atoms with Gasteiger partial charge >= 0.3 is 0 Å². The molecule has 0 aliphatic carbocycles. The molecule has 6 aromatic carbocycles. The van der Waals surface area contributed by atoms with Crippen molar-refractivity contribution in [2.24, 2.45) is 0 Å². The maximum atomic E-state index is 2.36. The van der Waals surface area contributed by atoms with Gasteiger partial charge in [-0.1, -0.05) is 127 Å². The van der Waals surface area contributed by atoms with E-state index in [4.69, 9.17) is 0 Å². The summed E-state index contributed by atoms with van der Waals surface area (Å²) in [6.45, 7) is 0. The minimum atomic E-state index is -0.633. The third kappa shape index (κ3) is 4.42. The van der Waals surface area contributed by atoms with E-state index < -0.39 is 7.92 Å². The molecule has 0 aliphatic heterocycles. The smallest absolute Gasteiger partial charge is 0.0540 e. The fourth-order valence-corrected chi connectivity index (χ4v) is 7.04. The van der Waals surface area contributed by atoms with Crippen LogP contribution in [-0.4, -0.2) is 0 Å². The van der Waals surface area contributed by atoms with Crippen molar-refractivity contribution in [3.05, 3.63) is 158 Å². The highest BCUT2D eigenvalue weighted by molar-refractivity contribution is 7.79. The third-order valence-electron chi connectivity index (χ3n) is 6.42.